The maximum Gasteiger partial charge on any atom is 0.407 e. The first kappa shape index (κ1) is 136. The molecule has 0 radical (unpaired) electrons. The van der Waals surface area contributed by atoms with Crippen LogP contribution in [-0.4, -0.2) is 610 Å². The number of hydrogen-bond acceptors (Lipinski definition) is 50. The van der Waals surface area contributed by atoms with Gasteiger partial charge in [0.1, 0.15) is 86.4 Å². The number of carbonyl (C=O) groups is 7. The summed E-state index contributed by atoms with van der Waals surface area (Å²) in [5, 5.41) is 331. The minimum absolute atomic E-state index is 0.0348. The molecule has 57 heteroatoms. The van der Waals surface area contributed by atoms with Gasteiger partial charge in [0.2, 0.25) is 23.6 Å². The van der Waals surface area contributed by atoms with Gasteiger partial charge >= 0.3 is 18.3 Å². The molecule has 0 aliphatic heterocycles. The third-order valence-corrected chi connectivity index (χ3v) is 21.5. The average molecular weight is 2080 g/mol. The highest BCUT2D eigenvalue weighted by Gasteiger charge is 2.38. The Hall–Kier alpha value is -5.91. The number of aliphatic hydroxyl groups excluding tert-OH is 31. The van der Waals surface area contributed by atoms with Gasteiger partial charge in [0, 0.05) is 147 Å². The lowest BCUT2D eigenvalue weighted by molar-refractivity contribution is -0.134. The van der Waals surface area contributed by atoms with Crippen molar-refractivity contribution in [3.05, 3.63) is 0 Å². The lowest BCUT2D eigenvalue weighted by Crippen LogP contribution is -2.53. The standard InChI is InChI=1S/C85H168N10O47/c1-48(34-135-40-56(105)22-94(25-65(113)75(123)62(110)8-16-96)27-67(115)77(125)79(127)70(118)31-100)33-134-37-50(3)38-140-83(131)91-15-12-88-82(130)61(19-73(121)87-11-14-90-85(133)142-47-60(109)45-139-43-58(107)42-138-41-57(106)23-95(26-66(114)76(124)63(111)9-17-97)28-68(116)78(126)80(128)71(119)32-101)92-81(129)51(4)18-72(120)86-10-13-89-84(132)141-46-59(108)44-137-36-49(2)35-136-39-55(104)21-93(20-53(102)6-7-54(103)29-98)24-64(112)74(122)52(5)69(117)30-99/h48-71,74-80,96-119,122-128H,6-47H2,1-5H3,(H,86,120)(H,87,121)(H,88,130)(H,89,132)(H,90,133)(H,91,131)(H,92,129)/t48?,49?,50?,51-,52-,53?,54+,55?,56?,57?,58?,59?,60?,61+,62-,63-,64+,65+,66+,67+,68+,69-,70-,71-,74+,75+,76+,77-,78-,79-,80-/m1/s1. The van der Waals surface area contributed by atoms with Crippen molar-refractivity contribution < 1.29 is 234 Å². The van der Waals surface area contributed by atoms with Gasteiger partial charge in [-0.05, 0) is 25.7 Å². The lowest BCUT2D eigenvalue weighted by atomic mass is 9.94. The third-order valence-electron chi connectivity index (χ3n) is 21.5. The second kappa shape index (κ2) is 79.2. The number of carbonyl (C=O) groups excluding carboxylic acids is 7. The summed E-state index contributed by atoms with van der Waals surface area (Å²) in [7, 11) is 0. The van der Waals surface area contributed by atoms with E-state index in [1.807, 2.05) is 0 Å². The maximum absolute atomic E-state index is 13.7. The molecular weight excluding hydrogens is 1910 g/mol. The van der Waals surface area contributed by atoms with E-state index in [1.54, 1.807) is 20.8 Å². The number of amides is 7. The Morgan fingerprint density at radius 3 is 0.894 bits per heavy atom. The normalized spacial score (nSPS) is 18.7. The molecular formula is C85H168N10O47. The van der Waals surface area contributed by atoms with Crippen molar-refractivity contribution in [2.45, 2.75) is 232 Å². The van der Waals surface area contributed by atoms with Gasteiger partial charge in [-0.3, -0.25) is 33.9 Å². The summed E-state index contributed by atoms with van der Waals surface area (Å²) in [5.74, 6) is -6.47. The van der Waals surface area contributed by atoms with Crippen LogP contribution in [0.3, 0.4) is 0 Å². The molecule has 38 N–H and O–H groups in total. The van der Waals surface area contributed by atoms with Gasteiger partial charge in [0.15, 0.2) is 0 Å². The van der Waals surface area contributed by atoms with E-state index < -0.39 is 337 Å². The van der Waals surface area contributed by atoms with E-state index in [2.05, 4.69) is 37.2 Å². The molecule has 0 aromatic heterocycles. The molecule has 0 spiro atoms. The molecule has 10 unspecified atom stereocenters. The number of rotatable bonds is 88. The highest BCUT2D eigenvalue weighted by molar-refractivity contribution is 5.93. The summed E-state index contributed by atoms with van der Waals surface area (Å²) in [6.45, 7) is -5.32. The third kappa shape index (κ3) is 63.7. The number of alkyl carbamates (subject to hydrolysis) is 3. The molecule has 0 aliphatic rings. The van der Waals surface area contributed by atoms with Crippen LogP contribution in [0.25, 0.3) is 0 Å². The second-order valence-electron chi connectivity index (χ2n) is 35.7. The van der Waals surface area contributed by atoms with Crippen LogP contribution in [-0.2, 0) is 61.8 Å². The van der Waals surface area contributed by atoms with Gasteiger partial charge in [0.05, 0.1) is 204 Å². The molecule has 0 aromatic rings. The van der Waals surface area contributed by atoms with Crippen molar-refractivity contribution in [2.24, 2.45) is 29.6 Å². The van der Waals surface area contributed by atoms with E-state index in [-0.39, 0.29) is 168 Å². The van der Waals surface area contributed by atoms with E-state index in [0.29, 0.717) is 0 Å². The minimum atomic E-state index is -2.06. The average Bonchev–Trinajstić information content (AvgIpc) is 0.873. The molecule has 840 valence electrons. The van der Waals surface area contributed by atoms with Crippen LogP contribution >= 0.6 is 0 Å². The monoisotopic (exact) mass is 2080 g/mol. The van der Waals surface area contributed by atoms with E-state index in [9.17, 15) is 166 Å². The Morgan fingerprint density at radius 2 is 0.528 bits per heavy atom. The Morgan fingerprint density at radius 1 is 0.246 bits per heavy atom. The zero-order valence-corrected chi connectivity index (χ0v) is 81.3. The zero-order valence-electron chi connectivity index (χ0n) is 81.3. The Kier molecular flexibility index (Phi) is 75.9. The highest BCUT2D eigenvalue weighted by atomic mass is 16.6. The van der Waals surface area contributed by atoms with Gasteiger partial charge in [-0.15, -0.1) is 0 Å². The van der Waals surface area contributed by atoms with E-state index in [0.717, 1.165) is 4.90 Å². The Bertz CT molecular complexity index is 3240. The van der Waals surface area contributed by atoms with E-state index in [4.69, 9.17) is 68.2 Å². The van der Waals surface area contributed by atoms with Crippen LogP contribution in [0, 0.1) is 29.6 Å². The molecule has 0 rings (SSSR count). The van der Waals surface area contributed by atoms with Gasteiger partial charge in [-0.2, -0.15) is 0 Å². The molecule has 0 saturated carbocycles. The molecule has 0 bridgehead atoms. The lowest BCUT2D eigenvalue weighted by Gasteiger charge is -2.34. The van der Waals surface area contributed by atoms with Crippen LogP contribution in [0.5, 0.6) is 0 Å². The van der Waals surface area contributed by atoms with Crippen LogP contribution in [0.4, 0.5) is 14.4 Å². The van der Waals surface area contributed by atoms with Gasteiger partial charge in [-0.25, -0.2) is 14.4 Å². The molecule has 0 fully saturated rings. The fourth-order valence-electron chi connectivity index (χ4n) is 13.2. The highest BCUT2D eigenvalue weighted by Crippen LogP contribution is 2.19. The fraction of sp³-hybridized carbons (Fsp3) is 0.918. The summed E-state index contributed by atoms with van der Waals surface area (Å²) in [5.41, 5.74) is 0. The van der Waals surface area contributed by atoms with Gasteiger partial charge in [0.25, 0.3) is 0 Å². The zero-order chi connectivity index (χ0) is 108. The molecule has 31 atom stereocenters. The molecule has 57 nitrogen and oxygen atoms in total. The topological polar surface area (TPSA) is 924 Å². The number of nitrogens with one attached hydrogen (secondary N) is 7. The van der Waals surface area contributed by atoms with Gasteiger partial charge in [-0.1, -0.05) is 34.6 Å². The number of ether oxygens (including phenoxy) is 9. The summed E-state index contributed by atoms with van der Waals surface area (Å²) in [6, 6.07) is -1.64. The summed E-state index contributed by atoms with van der Waals surface area (Å²) < 4.78 is 48.5. The Labute approximate surface area is 823 Å². The van der Waals surface area contributed by atoms with E-state index in [1.165, 1.54) is 23.6 Å². The van der Waals surface area contributed by atoms with Crippen LogP contribution in [0.1, 0.15) is 73.1 Å². The fourth-order valence-corrected chi connectivity index (χ4v) is 13.2. The first-order valence-electron chi connectivity index (χ1n) is 47.1. The predicted molar refractivity (Wildman–Crippen MR) is 489 cm³/mol. The predicted octanol–water partition coefficient (Wildman–Crippen LogP) is -18.5. The molecule has 0 saturated heterocycles. The number of aliphatic hydroxyl groups is 31. The molecule has 0 aromatic carbocycles. The molecule has 0 heterocycles. The second-order valence-corrected chi connectivity index (χ2v) is 35.7. The van der Waals surface area contributed by atoms with Crippen molar-refractivity contribution >= 4 is 41.9 Å². The van der Waals surface area contributed by atoms with Crippen molar-refractivity contribution in [1.82, 2.24) is 51.9 Å². The summed E-state index contributed by atoms with van der Waals surface area (Å²) in [6.07, 6.45) is -45.1. The van der Waals surface area contributed by atoms with Crippen LogP contribution in [0.15, 0.2) is 0 Å². The first-order chi connectivity index (χ1) is 67.0. The largest absolute Gasteiger partial charge is 0.449 e. The van der Waals surface area contributed by atoms with E-state index >= 15 is 0 Å². The Balaban J connectivity index is 5.72. The maximum atomic E-state index is 13.7. The quantitative estimate of drug-likeness (QED) is 0.0199. The van der Waals surface area contributed by atoms with Crippen molar-refractivity contribution in [1.29, 1.82) is 0 Å². The number of nitrogens with zero attached hydrogens (tertiary/aromatic N) is 3. The first-order valence-corrected chi connectivity index (χ1v) is 47.1. The molecule has 0 aliphatic carbocycles. The summed E-state index contributed by atoms with van der Waals surface area (Å²) >= 11 is 0. The van der Waals surface area contributed by atoms with Crippen molar-refractivity contribution in [3.8, 4) is 0 Å². The molecule has 142 heavy (non-hydrogen) atoms. The summed E-state index contributed by atoms with van der Waals surface area (Å²) in [4.78, 5) is 95.1. The number of hydrogen-bond donors (Lipinski definition) is 38. The van der Waals surface area contributed by atoms with Crippen molar-refractivity contribution in [2.75, 3.05) is 237 Å². The molecule has 7 amide bonds. The van der Waals surface area contributed by atoms with Crippen LogP contribution < -0.4 is 37.2 Å². The smallest absolute Gasteiger partial charge is 0.407 e. The SMILES string of the molecule is CC(COCC(O)COC(=O)NCCNC(=O)C[C@@H](C)C(=O)N[C@@H](CC(=O)NCCNC(=O)OCC(O)COCC(O)COCC(O)CN(C[C@H](O)[C@@H](O)[C@H](O)[C@H](O)CO)C[C@H](O)[C@@H](O)[C@H](O)CCO)C(=O)NCCNC(=O)OCC(C)COCC(C)COCC(O)CN(C[C@H](O)[C@@H](O)[C@H](O)[C@H](O)CO)C[C@H](O)[C@@H](O)[C@H](O)CCO)COCC(O)CN(CC(O)CC[C@H](O)CO)C[C@H](O)[C@@H](O)[C@H](C)[C@H](O)CO. The minimum Gasteiger partial charge on any atom is -0.449 e. The van der Waals surface area contributed by atoms with Crippen molar-refractivity contribution in [3.63, 3.8) is 0 Å². The van der Waals surface area contributed by atoms with Gasteiger partial charge < -0.3 is 238 Å². The van der Waals surface area contributed by atoms with Crippen LogP contribution in [0.2, 0.25) is 0 Å².